The molecule has 0 aromatic heterocycles. The highest BCUT2D eigenvalue weighted by Crippen LogP contribution is 2.22. The Balaban J connectivity index is 1.70. The molecule has 0 fully saturated rings. The van der Waals surface area contributed by atoms with E-state index in [2.05, 4.69) is 0 Å². The molecule has 0 aliphatic rings. The minimum Gasteiger partial charge on any atom is -0.457 e. The highest BCUT2D eigenvalue weighted by atomic mass is 35.5. The van der Waals surface area contributed by atoms with Crippen LogP contribution in [0.4, 0.5) is 4.39 Å². The van der Waals surface area contributed by atoms with Crippen LogP contribution in [0.2, 0.25) is 5.02 Å². The third kappa shape index (κ3) is 3.63. The molecule has 0 N–H and O–H groups in total. The summed E-state index contributed by atoms with van der Waals surface area (Å²) in [5, 5.41) is 0.238. The third-order valence-electron chi connectivity index (χ3n) is 3.64. The van der Waals surface area contributed by atoms with Gasteiger partial charge < -0.3 is 4.74 Å². The van der Waals surface area contributed by atoms with Crippen molar-refractivity contribution in [3.05, 3.63) is 94.8 Å². The van der Waals surface area contributed by atoms with E-state index in [1.54, 1.807) is 18.2 Å². The maximum Gasteiger partial charge on any atom is 0.338 e. The van der Waals surface area contributed by atoms with Crippen molar-refractivity contribution in [3.63, 3.8) is 0 Å². The predicted octanol–water partition coefficient (Wildman–Crippen LogP) is 5.50. The first-order valence-corrected chi connectivity index (χ1v) is 7.78. The molecule has 2 nitrogen and oxygen atoms in total. The van der Waals surface area contributed by atoms with Crippen molar-refractivity contribution in [2.24, 2.45) is 0 Å². The van der Waals surface area contributed by atoms with Gasteiger partial charge in [0.2, 0.25) is 0 Å². The Hall–Kier alpha value is -2.65. The minimum atomic E-state index is -0.520. The SMILES string of the molecule is O=C(OCc1c(F)cccc1Cl)c1ccc(-c2ccccc2)cc1. The van der Waals surface area contributed by atoms with Gasteiger partial charge in [-0.25, -0.2) is 9.18 Å². The summed E-state index contributed by atoms with van der Waals surface area (Å²) in [7, 11) is 0. The zero-order chi connectivity index (χ0) is 16.9. The topological polar surface area (TPSA) is 26.3 Å². The van der Waals surface area contributed by atoms with E-state index in [0.717, 1.165) is 11.1 Å². The second-order valence-electron chi connectivity index (χ2n) is 5.22. The van der Waals surface area contributed by atoms with Crippen LogP contribution in [0.1, 0.15) is 15.9 Å². The van der Waals surface area contributed by atoms with E-state index in [9.17, 15) is 9.18 Å². The van der Waals surface area contributed by atoms with Gasteiger partial charge in [0.05, 0.1) is 10.6 Å². The summed E-state index contributed by atoms with van der Waals surface area (Å²) in [6, 6.07) is 21.3. The third-order valence-corrected chi connectivity index (χ3v) is 3.99. The Morgan fingerprint density at radius 1 is 0.875 bits per heavy atom. The molecule has 0 bridgehead atoms. The summed E-state index contributed by atoms with van der Waals surface area (Å²) >= 11 is 5.92. The molecule has 24 heavy (non-hydrogen) atoms. The predicted molar refractivity (Wildman–Crippen MR) is 92.4 cm³/mol. The normalized spacial score (nSPS) is 10.4. The van der Waals surface area contributed by atoms with Crippen molar-refractivity contribution in [3.8, 4) is 11.1 Å². The fourth-order valence-electron chi connectivity index (χ4n) is 2.32. The largest absolute Gasteiger partial charge is 0.457 e. The van der Waals surface area contributed by atoms with Crippen molar-refractivity contribution in [2.75, 3.05) is 0 Å². The van der Waals surface area contributed by atoms with Crippen molar-refractivity contribution in [1.29, 1.82) is 0 Å². The average Bonchev–Trinajstić information content (AvgIpc) is 2.62. The van der Waals surface area contributed by atoms with Gasteiger partial charge in [0, 0.05) is 5.56 Å². The van der Waals surface area contributed by atoms with Gasteiger partial charge in [-0.3, -0.25) is 0 Å². The van der Waals surface area contributed by atoms with Crippen LogP contribution >= 0.6 is 11.6 Å². The van der Waals surface area contributed by atoms with E-state index >= 15 is 0 Å². The van der Waals surface area contributed by atoms with Gasteiger partial charge in [0.1, 0.15) is 12.4 Å². The molecule has 0 radical (unpaired) electrons. The number of carbonyl (C=O) groups excluding carboxylic acids is 1. The lowest BCUT2D eigenvalue weighted by Gasteiger charge is -2.08. The summed E-state index contributed by atoms with van der Waals surface area (Å²) in [4.78, 5) is 12.1. The number of ether oxygens (including phenoxy) is 1. The quantitative estimate of drug-likeness (QED) is 0.586. The van der Waals surface area contributed by atoms with Crippen LogP contribution in [0, 0.1) is 5.82 Å². The lowest BCUT2D eigenvalue weighted by Crippen LogP contribution is -2.06. The van der Waals surface area contributed by atoms with Gasteiger partial charge >= 0.3 is 5.97 Å². The number of rotatable bonds is 4. The first-order chi connectivity index (χ1) is 11.6. The molecule has 0 unspecified atom stereocenters. The van der Waals surface area contributed by atoms with Crippen LogP contribution < -0.4 is 0 Å². The summed E-state index contributed by atoms with van der Waals surface area (Å²) in [5.41, 5.74) is 2.65. The van der Waals surface area contributed by atoms with E-state index in [1.807, 2.05) is 42.5 Å². The molecule has 0 saturated carbocycles. The number of hydrogen-bond acceptors (Lipinski definition) is 2. The molecule has 3 rings (SSSR count). The molecular weight excluding hydrogens is 327 g/mol. The molecule has 3 aromatic carbocycles. The first kappa shape index (κ1) is 16.2. The van der Waals surface area contributed by atoms with Gasteiger partial charge in [-0.15, -0.1) is 0 Å². The van der Waals surface area contributed by atoms with Crippen LogP contribution in [0.5, 0.6) is 0 Å². The molecule has 3 aromatic rings. The van der Waals surface area contributed by atoms with E-state index in [-0.39, 0.29) is 17.2 Å². The summed E-state index contributed by atoms with van der Waals surface area (Å²) in [6.45, 7) is -0.204. The number of carbonyl (C=O) groups is 1. The smallest absolute Gasteiger partial charge is 0.338 e. The Morgan fingerprint density at radius 2 is 1.54 bits per heavy atom. The zero-order valence-corrected chi connectivity index (χ0v) is 13.5. The van der Waals surface area contributed by atoms with E-state index in [0.29, 0.717) is 5.56 Å². The maximum atomic E-state index is 13.7. The van der Waals surface area contributed by atoms with Crippen molar-refractivity contribution >= 4 is 17.6 Å². The maximum absolute atomic E-state index is 13.7. The Kier molecular flexibility index (Phi) is 4.92. The van der Waals surface area contributed by atoms with Crippen LogP contribution in [-0.4, -0.2) is 5.97 Å². The fourth-order valence-corrected chi connectivity index (χ4v) is 2.54. The monoisotopic (exact) mass is 340 g/mol. The molecule has 0 spiro atoms. The number of halogens is 2. The summed E-state index contributed by atoms with van der Waals surface area (Å²) in [6.07, 6.45) is 0. The number of hydrogen-bond donors (Lipinski definition) is 0. The van der Waals surface area contributed by atoms with Gasteiger partial charge in [-0.05, 0) is 35.4 Å². The van der Waals surface area contributed by atoms with Crippen LogP contribution in [0.15, 0.2) is 72.8 Å². The van der Waals surface area contributed by atoms with Gasteiger partial charge in [-0.1, -0.05) is 60.1 Å². The molecule has 0 saturated heterocycles. The van der Waals surface area contributed by atoms with Crippen LogP contribution in [0.25, 0.3) is 11.1 Å². The van der Waals surface area contributed by atoms with Gasteiger partial charge in [0.15, 0.2) is 0 Å². The van der Waals surface area contributed by atoms with Gasteiger partial charge in [-0.2, -0.15) is 0 Å². The number of benzene rings is 3. The first-order valence-electron chi connectivity index (χ1n) is 7.40. The second-order valence-corrected chi connectivity index (χ2v) is 5.63. The van der Waals surface area contributed by atoms with Crippen LogP contribution in [-0.2, 0) is 11.3 Å². The Morgan fingerprint density at radius 3 is 2.21 bits per heavy atom. The highest BCUT2D eigenvalue weighted by Gasteiger charge is 2.12. The van der Waals surface area contributed by atoms with E-state index in [4.69, 9.17) is 16.3 Å². The average molecular weight is 341 g/mol. The van der Waals surface area contributed by atoms with E-state index in [1.165, 1.54) is 12.1 Å². The minimum absolute atomic E-state index is 0.174. The zero-order valence-electron chi connectivity index (χ0n) is 12.7. The van der Waals surface area contributed by atoms with E-state index < -0.39 is 11.8 Å². The van der Waals surface area contributed by atoms with Crippen LogP contribution in [0.3, 0.4) is 0 Å². The van der Waals surface area contributed by atoms with Crippen molar-refractivity contribution < 1.29 is 13.9 Å². The lowest BCUT2D eigenvalue weighted by atomic mass is 10.0. The molecule has 0 atom stereocenters. The molecular formula is C20H14ClFO2. The molecule has 0 aliphatic heterocycles. The molecule has 0 aliphatic carbocycles. The summed E-state index contributed by atoms with van der Waals surface area (Å²) < 4.78 is 18.8. The lowest BCUT2D eigenvalue weighted by molar-refractivity contribution is 0.0469. The fraction of sp³-hybridized carbons (Fsp3) is 0.0500. The second kappa shape index (κ2) is 7.28. The molecule has 4 heteroatoms. The standard InChI is InChI=1S/C20H14ClFO2/c21-18-7-4-8-19(22)17(18)13-24-20(23)16-11-9-15(10-12-16)14-5-2-1-3-6-14/h1-12H,13H2. The van der Waals surface area contributed by atoms with Gasteiger partial charge in [0.25, 0.3) is 0 Å². The Bertz CT molecular complexity index is 825. The Labute approximate surface area is 144 Å². The highest BCUT2D eigenvalue weighted by molar-refractivity contribution is 6.31. The number of esters is 1. The molecule has 0 heterocycles. The summed E-state index contributed by atoms with van der Waals surface area (Å²) in [5.74, 6) is -1.01. The van der Waals surface area contributed by atoms with Crippen molar-refractivity contribution in [2.45, 2.75) is 6.61 Å². The van der Waals surface area contributed by atoms with Crippen molar-refractivity contribution in [1.82, 2.24) is 0 Å². The molecule has 0 amide bonds. The molecule has 120 valence electrons.